The average Bonchev–Trinajstić information content (AvgIpc) is 3.10. The van der Waals surface area contributed by atoms with Crippen molar-refractivity contribution in [3.63, 3.8) is 0 Å². The molecule has 0 aliphatic carbocycles. The van der Waals surface area contributed by atoms with Crippen LogP contribution in [-0.4, -0.2) is 48.4 Å². The summed E-state index contributed by atoms with van der Waals surface area (Å²) in [7, 11) is 0. The van der Waals surface area contributed by atoms with Crippen LogP contribution in [0.3, 0.4) is 0 Å². The van der Waals surface area contributed by atoms with Gasteiger partial charge in [-0.1, -0.05) is 30.3 Å². The topological polar surface area (TPSA) is 65.1 Å². The molecule has 0 aromatic heterocycles. The summed E-state index contributed by atoms with van der Waals surface area (Å²) in [4.78, 5) is 27.2. The number of nitrogens with zero attached hydrogens (tertiary/aromatic N) is 1. The molecule has 0 radical (unpaired) electrons. The summed E-state index contributed by atoms with van der Waals surface area (Å²) >= 11 is 0. The summed E-state index contributed by atoms with van der Waals surface area (Å²) in [6.45, 7) is 7.86. The molecule has 0 saturated carbocycles. The first kappa shape index (κ1) is 21.6. The maximum absolute atomic E-state index is 12.8. The lowest BCUT2D eigenvalue weighted by molar-refractivity contribution is -0.150. The third kappa shape index (κ3) is 6.46. The summed E-state index contributed by atoms with van der Waals surface area (Å²) in [6, 6.07) is 9.00. The maximum atomic E-state index is 12.8. The van der Waals surface area contributed by atoms with Crippen molar-refractivity contribution in [2.45, 2.75) is 64.7 Å². The molecule has 2 heterocycles. The van der Waals surface area contributed by atoms with Crippen molar-refractivity contribution >= 4 is 12.1 Å². The molecule has 1 aromatic carbocycles. The first-order chi connectivity index (χ1) is 13.8. The van der Waals surface area contributed by atoms with Crippen molar-refractivity contribution in [3.8, 4) is 0 Å². The van der Waals surface area contributed by atoms with Gasteiger partial charge in [-0.25, -0.2) is 9.59 Å². The summed E-state index contributed by atoms with van der Waals surface area (Å²) in [6.07, 6.45) is 3.29. The van der Waals surface area contributed by atoms with Gasteiger partial charge in [0.25, 0.3) is 0 Å². The molecule has 0 spiro atoms. The third-order valence-electron chi connectivity index (χ3n) is 5.52. The predicted octanol–water partition coefficient (Wildman–Crippen LogP) is 4.17. The van der Waals surface area contributed by atoms with Crippen LogP contribution in [0.25, 0.3) is 0 Å². The van der Waals surface area contributed by atoms with E-state index >= 15 is 0 Å². The number of hydrogen-bond acceptors (Lipinski definition) is 5. The minimum Gasteiger partial charge on any atom is -0.459 e. The van der Waals surface area contributed by atoms with E-state index in [1.54, 1.807) is 4.90 Å². The first-order valence-electron chi connectivity index (χ1n) is 10.6. The summed E-state index contributed by atoms with van der Waals surface area (Å²) in [5.74, 6) is 0.516. The van der Waals surface area contributed by atoms with Gasteiger partial charge >= 0.3 is 12.1 Å². The van der Waals surface area contributed by atoms with Gasteiger partial charge in [-0.15, -0.1) is 0 Å². The van der Waals surface area contributed by atoms with Crippen LogP contribution >= 0.6 is 0 Å². The van der Waals surface area contributed by atoms with Crippen molar-refractivity contribution in [1.29, 1.82) is 0 Å². The van der Waals surface area contributed by atoms with Crippen molar-refractivity contribution in [3.05, 3.63) is 35.9 Å². The zero-order valence-electron chi connectivity index (χ0n) is 17.8. The van der Waals surface area contributed by atoms with Crippen LogP contribution in [0.4, 0.5) is 4.79 Å². The van der Waals surface area contributed by atoms with Crippen LogP contribution in [0.1, 0.15) is 52.0 Å². The fraction of sp³-hybridized carbons (Fsp3) is 0.652. The van der Waals surface area contributed by atoms with Crippen molar-refractivity contribution < 1.29 is 23.8 Å². The van der Waals surface area contributed by atoms with Gasteiger partial charge in [-0.05, 0) is 63.9 Å². The minimum atomic E-state index is -0.603. The Bertz CT molecular complexity index is 678. The Hall–Kier alpha value is -2.08. The highest BCUT2D eigenvalue weighted by Crippen LogP contribution is 2.33. The van der Waals surface area contributed by atoms with Crippen molar-refractivity contribution in [2.75, 3.05) is 19.8 Å². The number of ether oxygens (including phenoxy) is 3. The van der Waals surface area contributed by atoms with Crippen LogP contribution < -0.4 is 0 Å². The van der Waals surface area contributed by atoms with E-state index in [0.29, 0.717) is 18.9 Å². The lowest BCUT2D eigenvalue weighted by atomic mass is 9.88. The van der Waals surface area contributed by atoms with E-state index in [1.807, 2.05) is 51.1 Å². The molecule has 6 nitrogen and oxygen atoms in total. The van der Waals surface area contributed by atoms with Crippen LogP contribution in [-0.2, 0) is 25.6 Å². The van der Waals surface area contributed by atoms with Gasteiger partial charge in [-0.3, -0.25) is 4.90 Å². The molecule has 29 heavy (non-hydrogen) atoms. The van der Waals surface area contributed by atoms with Crippen LogP contribution in [0, 0.1) is 11.8 Å². The molecule has 2 fully saturated rings. The largest absolute Gasteiger partial charge is 0.459 e. The fourth-order valence-electron chi connectivity index (χ4n) is 4.12. The minimum absolute atomic E-state index is 0.211. The summed E-state index contributed by atoms with van der Waals surface area (Å²) in [5, 5.41) is 0. The smallest absolute Gasteiger partial charge is 0.411 e. The second-order valence-corrected chi connectivity index (χ2v) is 9.13. The van der Waals surface area contributed by atoms with Crippen molar-refractivity contribution in [2.24, 2.45) is 11.8 Å². The van der Waals surface area contributed by atoms with E-state index in [-0.39, 0.29) is 18.5 Å². The number of likely N-dealkylation sites (tertiary alicyclic amines) is 1. The molecule has 2 saturated heterocycles. The lowest BCUT2D eigenvalue weighted by Crippen LogP contribution is -2.44. The van der Waals surface area contributed by atoms with Gasteiger partial charge < -0.3 is 14.2 Å². The Kier molecular flexibility index (Phi) is 7.17. The van der Waals surface area contributed by atoms with Gasteiger partial charge in [0, 0.05) is 19.8 Å². The van der Waals surface area contributed by atoms with Crippen molar-refractivity contribution in [1.82, 2.24) is 4.90 Å². The zero-order valence-corrected chi connectivity index (χ0v) is 17.8. The lowest BCUT2D eigenvalue weighted by Gasteiger charge is -2.28. The number of hydrogen-bond donors (Lipinski definition) is 0. The molecule has 2 aliphatic rings. The van der Waals surface area contributed by atoms with E-state index < -0.39 is 17.7 Å². The SMILES string of the molecule is CC(C)(C)OC(=O)N1C[C@@H](CC2CCOCC2)C[C@H]1C(=O)OCc1ccccc1. The second kappa shape index (κ2) is 9.61. The number of benzene rings is 1. The Balaban J connectivity index is 1.64. The van der Waals surface area contributed by atoms with Gasteiger partial charge in [0.05, 0.1) is 0 Å². The molecular weight excluding hydrogens is 370 g/mol. The predicted molar refractivity (Wildman–Crippen MR) is 109 cm³/mol. The maximum Gasteiger partial charge on any atom is 0.411 e. The molecule has 2 aliphatic heterocycles. The molecule has 3 rings (SSSR count). The molecule has 0 unspecified atom stereocenters. The number of carbonyl (C=O) groups excluding carboxylic acids is 2. The highest BCUT2D eigenvalue weighted by atomic mass is 16.6. The van der Waals surface area contributed by atoms with E-state index in [4.69, 9.17) is 14.2 Å². The van der Waals surface area contributed by atoms with Crippen LogP contribution in [0.5, 0.6) is 0 Å². The Labute approximate surface area is 173 Å². The molecule has 1 amide bonds. The monoisotopic (exact) mass is 403 g/mol. The molecule has 6 heteroatoms. The highest BCUT2D eigenvalue weighted by Gasteiger charge is 2.43. The summed E-state index contributed by atoms with van der Waals surface area (Å²) < 4.78 is 16.6. The fourth-order valence-corrected chi connectivity index (χ4v) is 4.12. The Morgan fingerprint density at radius 3 is 2.45 bits per heavy atom. The molecule has 2 atom stereocenters. The number of carbonyl (C=O) groups is 2. The van der Waals surface area contributed by atoms with E-state index in [1.165, 1.54) is 0 Å². The van der Waals surface area contributed by atoms with Crippen LogP contribution in [0.15, 0.2) is 30.3 Å². The number of esters is 1. The standard InChI is InChI=1S/C23H33NO5/c1-23(2,3)29-22(26)24-15-19(13-17-9-11-27-12-10-17)14-20(24)21(25)28-16-18-7-5-4-6-8-18/h4-8,17,19-20H,9-16H2,1-3H3/t19-,20-/m0/s1. The van der Waals surface area contributed by atoms with E-state index in [0.717, 1.165) is 38.0 Å². The Morgan fingerprint density at radius 1 is 1.10 bits per heavy atom. The number of amides is 1. The van der Waals surface area contributed by atoms with E-state index in [9.17, 15) is 9.59 Å². The Morgan fingerprint density at radius 2 is 1.79 bits per heavy atom. The third-order valence-corrected chi connectivity index (χ3v) is 5.52. The van der Waals surface area contributed by atoms with E-state index in [2.05, 4.69) is 0 Å². The molecule has 0 N–H and O–H groups in total. The molecule has 160 valence electrons. The summed E-state index contributed by atoms with van der Waals surface area (Å²) in [5.41, 5.74) is 0.329. The van der Waals surface area contributed by atoms with Gasteiger partial charge in [0.2, 0.25) is 0 Å². The first-order valence-corrected chi connectivity index (χ1v) is 10.6. The quantitative estimate of drug-likeness (QED) is 0.691. The molecule has 1 aromatic rings. The highest BCUT2D eigenvalue weighted by molar-refractivity contribution is 5.82. The average molecular weight is 404 g/mol. The zero-order chi connectivity index (χ0) is 20.9. The normalized spacial score (nSPS) is 23.1. The second-order valence-electron chi connectivity index (χ2n) is 9.13. The molecule has 0 bridgehead atoms. The van der Waals surface area contributed by atoms with Gasteiger partial charge in [0.15, 0.2) is 0 Å². The van der Waals surface area contributed by atoms with Gasteiger partial charge in [-0.2, -0.15) is 0 Å². The number of rotatable bonds is 5. The van der Waals surface area contributed by atoms with Crippen LogP contribution in [0.2, 0.25) is 0 Å². The van der Waals surface area contributed by atoms with Gasteiger partial charge in [0.1, 0.15) is 18.2 Å². The molecular formula is C23H33NO5.